The molecule has 0 bridgehead atoms. The lowest BCUT2D eigenvalue weighted by Crippen LogP contribution is -2.20. The Balaban J connectivity index is 1.51. The SMILES string of the molecule is Cc1cc(NC(=O)Cn2c(C)cc(-c3nnc(C4CCC4)o3)c2C)ccc1F. The van der Waals surface area contributed by atoms with Crippen LogP contribution in [0.25, 0.3) is 11.5 Å². The molecular formula is C21H23FN4O2. The van der Waals surface area contributed by atoms with Crippen LogP contribution in [-0.4, -0.2) is 20.7 Å². The summed E-state index contributed by atoms with van der Waals surface area (Å²) in [5.74, 6) is 1.11. The molecule has 1 fully saturated rings. The Morgan fingerprint density at radius 2 is 2.04 bits per heavy atom. The molecule has 1 aliphatic carbocycles. The zero-order valence-corrected chi connectivity index (χ0v) is 16.3. The number of nitrogens with zero attached hydrogens (tertiary/aromatic N) is 3. The van der Waals surface area contributed by atoms with Gasteiger partial charge < -0.3 is 14.3 Å². The van der Waals surface area contributed by atoms with Crippen molar-refractivity contribution < 1.29 is 13.6 Å². The molecule has 1 aromatic carbocycles. The predicted octanol–water partition coefficient (Wildman–Crippen LogP) is 4.51. The summed E-state index contributed by atoms with van der Waals surface area (Å²) in [6.45, 7) is 5.69. The van der Waals surface area contributed by atoms with Crippen LogP contribution in [0, 0.1) is 26.6 Å². The highest BCUT2D eigenvalue weighted by Gasteiger charge is 2.26. The van der Waals surface area contributed by atoms with E-state index >= 15 is 0 Å². The molecule has 1 saturated carbocycles. The van der Waals surface area contributed by atoms with Gasteiger partial charge in [-0.15, -0.1) is 10.2 Å². The van der Waals surface area contributed by atoms with E-state index in [9.17, 15) is 9.18 Å². The van der Waals surface area contributed by atoms with E-state index in [-0.39, 0.29) is 18.3 Å². The van der Waals surface area contributed by atoms with E-state index in [4.69, 9.17) is 4.42 Å². The minimum atomic E-state index is -0.291. The molecule has 1 aliphatic rings. The fourth-order valence-electron chi connectivity index (χ4n) is 3.49. The number of nitrogens with one attached hydrogen (secondary N) is 1. The summed E-state index contributed by atoms with van der Waals surface area (Å²) in [7, 11) is 0. The van der Waals surface area contributed by atoms with Gasteiger partial charge in [0.15, 0.2) is 0 Å². The molecular weight excluding hydrogens is 359 g/mol. The second kappa shape index (κ2) is 7.22. The van der Waals surface area contributed by atoms with Gasteiger partial charge in [0.1, 0.15) is 12.4 Å². The fourth-order valence-corrected chi connectivity index (χ4v) is 3.49. The first-order valence-corrected chi connectivity index (χ1v) is 9.49. The van der Waals surface area contributed by atoms with Crippen molar-refractivity contribution in [1.29, 1.82) is 0 Å². The van der Waals surface area contributed by atoms with Gasteiger partial charge in [-0.05, 0) is 63.4 Å². The maximum Gasteiger partial charge on any atom is 0.249 e. The minimum absolute atomic E-state index is 0.151. The van der Waals surface area contributed by atoms with Crippen LogP contribution < -0.4 is 5.32 Å². The maximum atomic E-state index is 13.4. The summed E-state index contributed by atoms with van der Waals surface area (Å²) in [6, 6.07) is 6.49. The first kappa shape index (κ1) is 18.4. The lowest BCUT2D eigenvalue weighted by molar-refractivity contribution is -0.116. The highest BCUT2D eigenvalue weighted by molar-refractivity contribution is 5.90. The standard InChI is InChI=1S/C21H23FN4O2/c1-12-9-16(7-8-18(12)22)23-19(27)11-26-13(2)10-17(14(26)3)21-25-24-20(28-21)15-5-4-6-15/h7-10,15H,4-6,11H2,1-3H3,(H,23,27). The molecule has 0 unspecified atom stereocenters. The van der Waals surface area contributed by atoms with Gasteiger partial charge >= 0.3 is 0 Å². The number of amides is 1. The van der Waals surface area contributed by atoms with E-state index in [1.165, 1.54) is 12.5 Å². The fraction of sp³-hybridized carbons (Fsp3) is 0.381. The number of carbonyl (C=O) groups is 1. The molecule has 2 aromatic heterocycles. The molecule has 6 nitrogen and oxygen atoms in total. The van der Waals surface area contributed by atoms with Gasteiger partial charge in [0, 0.05) is 23.0 Å². The number of halogens is 1. The molecule has 28 heavy (non-hydrogen) atoms. The van der Waals surface area contributed by atoms with Crippen LogP contribution in [0.15, 0.2) is 28.7 Å². The Morgan fingerprint density at radius 3 is 2.71 bits per heavy atom. The molecule has 146 valence electrons. The van der Waals surface area contributed by atoms with Crippen molar-refractivity contribution in [3.8, 4) is 11.5 Å². The van der Waals surface area contributed by atoms with Crippen molar-refractivity contribution >= 4 is 11.6 Å². The molecule has 1 N–H and O–H groups in total. The molecule has 2 heterocycles. The number of hydrogen-bond acceptors (Lipinski definition) is 4. The third-order valence-corrected chi connectivity index (χ3v) is 5.44. The summed E-state index contributed by atoms with van der Waals surface area (Å²) in [6.07, 6.45) is 3.41. The van der Waals surface area contributed by atoms with Gasteiger partial charge in [0.2, 0.25) is 17.7 Å². The lowest BCUT2D eigenvalue weighted by atomic mass is 9.85. The zero-order valence-electron chi connectivity index (χ0n) is 16.3. The van der Waals surface area contributed by atoms with E-state index in [1.54, 1.807) is 19.1 Å². The van der Waals surface area contributed by atoms with Crippen LogP contribution >= 0.6 is 0 Å². The third kappa shape index (κ3) is 3.44. The molecule has 0 radical (unpaired) electrons. The van der Waals surface area contributed by atoms with Crippen molar-refractivity contribution in [2.45, 2.75) is 52.5 Å². The quantitative estimate of drug-likeness (QED) is 0.705. The van der Waals surface area contributed by atoms with E-state index in [0.717, 1.165) is 29.8 Å². The molecule has 3 aromatic rings. The van der Waals surface area contributed by atoms with E-state index in [1.807, 2.05) is 24.5 Å². The van der Waals surface area contributed by atoms with Crippen LogP contribution in [0.3, 0.4) is 0 Å². The van der Waals surface area contributed by atoms with Gasteiger partial charge in [0.05, 0.1) is 5.56 Å². The summed E-state index contributed by atoms with van der Waals surface area (Å²) in [4.78, 5) is 12.5. The monoisotopic (exact) mass is 382 g/mol. The number of carbonyl (C=O) groups excluding carboxylic acids is 1. The van der Waals surface area contributed by atoms with Gasteiger partial charge in [0.25, 0.3) is 0 Å². The Kier molecular flexibility index (Phi) is 4.75. The van der Waals surface area contributed by atoms with Crippen molar-refractivity contribution in [3.05, 3.63) is 52.9 Å². The number of hydrogen-bond donors (Lipinski definition) is 1. The zero-order chi connectivity index (χ0) is 19.8. The van der Waals surface area contributed by atoms with Gasteiger partial charge in [-0.2, -0.15) is 0 Å². The highest BCUT2D eigenvalue weighted by Crippen LogP contribution is 2.37. The lowest BCUT2D eigenvalue weighted by Gasteiger charge is -2.20. The van der Waals surface area contributed by atoms with Crippen molar-refractivity contribution in [1.82, 2.24) is 14.8 Å². The maximum absolute atomic E-state index is 13.4. The second-order valence-electron chi connectivity index (χ2n) is 7.46. The van der Waals surface area contributed by atoms with Gasteiger partial charge in [-0.25, -0.2) is 4.39 Å². The Labute approximate surface area is 162 Å². The minimum Gasteiger partial charge on any atom is -0.420 e. The number of aryl methyl sites for hydroxylation is 2. The summed E-state index contributed by atoms with van der Waals surface area (Å²) in [5.41, 5.74) is 3.75. The molecule has 1 amide bonds. The van der Waals surface area contributed by atoms with E-state index in [2.05, 4.69) is 15.5 Å². The smallest absolute Gasteiger partial charge is 0.249 e. The molecule has 0 spiro atoms. The number of rotatable bonds is 5. The van der Waals surface area contributed by atoms with Crippen molar-refractivity contribution in [3.63, 3.8) is 0 Å². The molecule has 7 heteroatoms. The van der Waals surface area contributed by atoms with Crippen molar-refractivity contribution in [2.24, 2.45) is 0 Å². The third-order valence-electron chi connectivity index (χ3n) is 5.44. The molecule has 0 atom stereocenters. The topological polar surface area (TPSA) is 73.0 Å². The number of aromatic nitrogens is 3. The largest absolute Gasteiger partial charge is 0.420 e. The van der Waals surface area contributed by atoms with E-state index < -0.39 is 0 Å². The number of benzene rings is 1. The molecule has 0 aliphatic heterocycles. The Bertz CT molecular complexity index is 1030. The number of anilines is 1. The first-order chi connectivity index (χ1) is 13.4. The first-order valence-electron chi connectivity index (χ1n) is 9.49. The summed E-state index contributed by atoms with van der Waals surface area (Å²) < 4.78 is 21.2. The second-order valence-corrected chi connectivity index (χ2v) is 7.46. The van der Waals surface area contributed by atoms with Crippen LogP contribution in [0.4, 0.5) is 10.1 Å². The average Bonchev–Trinajstić information content (AvgIpc) is 3.17. The Morgan fingerprint density at radius 1 is 1.25 bits per heavy atom. The highest BCUT2D eigenvalue weighted by atomic mass is 19.1. The summed E-state index contributed by atoms with van der Waals surface area (Å²) in [5, 5.41) is 11.2. The molecule has 0 saturated heterocycles. The van der Waals surface area contributed by atoms with Crippen LogP contribution in [0.5, 0.6) is 0 Å². The normalized spacial score (nSPS) is 14.1. The van der Waals surface area contributed by atoms with E-state index in [0.29, 0.717) is 29.0 Å². The summed E-state index contributed by atoms with van der Waals surface area (Å²) >= 11 is 0. The molecule has 4 rings (SSSR count). The van der Waals surface area contributed by atoms with Crippen LogP contribution in [0.2, 0.25) is 0 Å². The average molecular weight is 382 g/mol. The van der Waals surface area contributed by atoms with Crippen LogP contribution in [-0.2, 0) is 11.3 Å². The van der Waals surface area contributed by atoms with Gasteiger partial charge in [-0.3, -0.25) is 4.79 Å². The van der Waals surface area contributed by atoms with Crippen LogP contribution in [0.1, 0.15) is 48.0 Å². The van der Waals surface area contributed by atoms with Gasteiger partial charge in [-0.1, -0.05) is 6.42 Å². The predicted molar refractivity (Wildman–Crippen MR) is 104 cm³/mol. The Hall–Kier alpha value is -2.96. The van der Waals surface area contributed by atoms with Crippen molar-refractivity contribution in [2.75, 3.05) is 5.32 Å².